The predicted octanol–water partition coefficient (Wildman–Crippen LogP) is 2.56. The molecule has 0 spiro atoms. The summed E-state index contributed by atoms with van der Waals surface area (Å²) in [5.74, 6) is -1.44. The molecule has 2 aromatic heterocycles. The topological polar surface area (TPSA) is 128 Å². The second-order valence-electron chi connectivity index (χ2n) is 8.38. The van der Waals surface area contributed by atoms with E-state index in [2.05, 4.69) is 25.7 Å². The van der Waals surface area contributed by atoms with E-state index in [1.807, 2.05) is 0 Å². The van der Waals surface area contributed by atoms with Gasteiger partial charge in [-0.2, -0.15) is 14.6 Å². The van der Waals surface area contributed by atoms with Gasteiger partial charge in [0.15, 0.2) is 0 Å². The number of hydrogen-bond donors (Lipinski definition) is 2. The highest BCUT2D eigenvalue weighted by molar-refractivity contribution is 6.30. The van der Waals surface area contributed by atoms with Gasteiger partial charge in [-0.1, -0.05) is 17.7 Å². The second kappa shape index (κ2) is 10.8. The van der Waals surface area contributed by atoms with Crippen LogP contribution in [-0.2, 0) is 16.1 Å². The van der Waals surface area contributed by atoms with Crippen LogP contribution in [0.4, 0.5) is 4.39 Å². The Morgan fingerprint density at radius 3 is 2.63 bits per heavy atom. The first-order valence-electron chi connectivity index (χ1n) is 11.1. The standard InChI is InChI=1S/C23H24ClFN6O4/c1-35-22(34)15-5-2-13(3-6-15)10-27-21(33)19-9-18(30-23-28-12-29-31(19)23)20(32)26-11-14-4-7-17(25)16(24)8-14/h4,7-9,12-13,15H,2-3,5-6,10-11H2,1H3,(H,26,32)(H,27,33)/t13-,15-. The van der Waals surface area contributed by atoms with Crippen LogP contribution >= 0.6 is 11.6 Å². The quantitative estimate of drug-likeness (QED) is 0.475. The zero-order valence-electron chi connectivity index (χ0n) is 19.0. The van der Waals surface area contributed by atoms with Gasteiger partial charge in [-0.25, -0.2) is 9.37 Å². The van der Waals surface area contributed by atoms with Crippen LogP contribution in [0.15, 0.2) is 30.6 Å². The maximum absolute atomic E-state index is 13.3. The van der Waals surface area contributed by atoms with Crippen LogP contribution in [0, 0.1) is 17.7 Å². The van der Waals surface area contributed by atoms with Crippen molar-refractivity contribution in [1.82, 2.24) is 30.2 Å². The predicted molar refractivity (Wildman–Crippen MR) is 123 cm³/mol. The number of esters is 1. The first-order valence-corrected chi connectivity index (χ1v) is 11.5. The van der Waals surface area contributed by atoms with Gasteiger partial charge in [0.05, 0.1) is 18.1 Å². The molecule has 2 amide bonds. The van der Waals surface area contributed by atoms with Crippen molar-refractivity contribution in [2.75, 3.05) is 13.7 Å². The summed E-state index contributed by atoms with van der Waals surface area (Å²) in [7, 11) is 1.39. The third-order valence-electron chi connectivity index (χ3n) is 6.09. The van der Waals surface area contributed by atoms with Crippen LogP contribution < -0.4 is 10.6 Å². The molecule has 4 rings (SSSR count). The van der Waals surface area contributed by atoms with Gasteiger partial charge in [0.25, 0.3) is 17.6 Å². The molecule has 3 aromatic rings. The van der Waals surface area contributed by atoms with Crippen LogP contribution in [0.5, 0.6) is 0 Å². The average Bonchev–Trinajstić information content (AvgIpc) is 3.36. The summed E-state index contributed by atoms with van der Waals surface area (Å²) in [6.07, 6.45) is 4.29. The Labute approximate surface area is 205 Å². The number of fused-ring (bicyclic) bond motifs is 1. The SMILES string of the molecule is COC(=O)[C@H]1CC[C@H](CNC(=O)c2cc(C(=O)NCc3ccc(F)c(Cl)c3)nc3ncnn23)CC1. The summed E-state index contributed by atoms with van der Waals surface area (Å²) in [4.78, 5) is 45.6. The summed E-state index contributed by atoms with van der Waals surface area (Å²) >= 11 is 5.79. The van der Waals surface area contributed by atoms with Crippen LogP contribution in [0.3, 0.4) is 0 Å². The molecule has 10 nitrogen and oxygen atoms in total. The zero-order chi connectivity index (χ0) is 24.9. The highest BCUT2D eigenvalue weighted by Crippen LogP contribution is 2.29. The Balaban J connectivity index is 1.41. The smallest absolute Gasteiger partial charge is 0.308 e. The number of carbonyl (C=O) groups excluding carboxylic acids is 3. The molecule has 12 heteroatoms. The molecule has 2 heterocycles. The van der Waals surface area contributed by atoms with E-state index in [1.165, 1.54) is 42.2 Å². The van der Waals surface area contributed by atoms with Gasteiger partial charge in [0, 0.05) is 19.2 Å². The molecule has 1 aliphatic carbocycles. The summed E-state index contributed by atoms with van der Waals surface area (Å²) in [5.41, 5.74) is 0.710. The Kier molecular flexibility index (Phi) is 7.54. The first kappa shape index (κ1) is 24.5. The number of nitrogens with one attached hydrogen (secondary N) is 2. The molecule has 1 fully saturated rings. The van der Waals surface area contributed by atoms with E-state index in [4.69, 9.17) is 16.3 Å². The van der Waals surface area contributed by atoms with Crippen molar-refractivity contribution >= 4 is 35.2 Å². The Morgan fingerprint density at radius 2 is 1.91 bits per heavy atom. The van der Waals surface area contributed by atoms with Gasteiger partial charge in [-0.15, -0.1) is 0 Å². The number of hydrogen-bond acceptors (Lipinski definition) is 7. The number of aromatic nitrogens is 4. The van der Waals surface area contributed by atoms with E-state index in [9.17, 15) is 18.8 Å². The molecule has 0 radical (unpaired) electrons. The summed E-state index contributed by atoms with van der Waals surface area (Å²) in [6.45, 7) is 0.520. The van der Waals surface area contributed by atoms with E-state index < -0.39 is 17.6 Å². The largest absolute Gasteiger partial charge is 0.469 e. The number of ether oxygens (including phenoxy) is 1. The van der Waals surface area contributed by atoms with Gasteiger partial charge in [-0.05, 0) is 49.3 Å². The van der Waals surface area contributed by atoms with Crippen LogP contribution in [0.1, 0.15) is 52.2 Å². The normalized spacial score (nSPS) is 17.7. The summed E-state index contributed by atoms with van der Waals surface area (Å²) in [5, 5.41) is 9.56. The van der Waals surface area contributed by atoms with Crippen molar-refractivity contribution in [3.8, 4) is 0 Å². The fourth-order valence-corrected chi connectivity index (χ4v) is 4.31. The monoisotopic (exact) mass is 502 g/mol. The van der Waals surface area contributed by atoms with E-state index >= 15 is 0 Å². The van der Waals surface area contributed by atoms with Crippen molar-refractivity contribution in [2.45, 2.75) is 32.2 Å². The number of carbonyl (C=O) groups is 3. The van der Waals surface area contributed by atoms with Crippen molar-refractivity contribution in [2.24, 2.45) is 11.8 Å². The maximum Gasteiger partial charge on any atom is 0.308 e. The first-order chi connectivity index (χ1) is 16.9. The van der Waals surface area contributed by atoms with Crippen LogP contribution in [0.2, 0.25) is 5.02 Å². The number of benzene rings is 1. The molecule has 1 aromatic carbocycles. The van der Waals surface area contributed by atoms with Gasteiger partial charge in [0.1, 0.15) is 23.5 Å². The molecule has 0 saturated heterocycles. The van der Waals surface area contributed by atoms with Crippen molar-refractivity contribution in [3.05, 3.63) is 58.4 Å². The molecular weight excluding hydrogens is 479 g/mol. The maximum atomic E-state index is 13.3. The molecule has 0 atom stereocenters. The summed E-state index contributed by atoms with van der Waals surface area (Å²) in [6, 6.07) is 5.49. The molecule has 35 heavy (non-hydrogen) atoms. The van der Waals surface area contributed by atoms with Crippen molar-refractivity contribution < 1.29 is 23.5 Å². The number of nitrogens with zero attached hydrogens (tertiary/aromatic N) is 4. The van der Waals surface area contributed by atoms with E-state index in [0.29, 0.717) is 12.1 Å². The minimum absolute atomic E-state index is 0.0116. The lowest BCUT2D eigenvalue weighted by molar-refractivity contribution is -0.146. The fraction of sp³-hybridized carbons (Fsp3) is 0.391. The Bertz CT molecular complexity index is 1260. The van der Waals surface area contributed by atoms with Gasteiger partial charge in [0.2, 0.25) is 0 Å². The molecular formula is C23H24ClFN6O4. The highest BCUT2D eigenvalue weighted by atomic mass is 35.5. The van der Waals surface area contributed by atoms with E-state index in [-0.39, 0.29) is 46.5 Å². The van der Waals surface area contributed by atoms with Crippen LogP contribution in [0.25, 0.3) is 5.78 Å². The zero-order valence-corrected chi connectivity index (χ0v) is 19.7. The van der Waals surface area contributed by atoms with E-state index in [0.717, 1.165) is 25.7 Å². The molecule has 1 saturated carbocycles. The number of rotatable bonds is 7. The molecule has 0 unspecified atom stereocenters. The lowest BCUT2D eigenvalue weighted by Gasteiger charge is -2.26. The molecule has 0 bridgehead atoms. The molecule has 1 aliphatic rings. The fourth-order valence-electron chi connectivity index (χ4n) is 4.11. The molecule has 184 valence electrons. The lowest BCUT2D eigenvalue weighted by atomic mass is 9.82. The minimum atomic E-state index is -0.548. The van der Waals surface area contributed by atoms with Crippen molar-refractivity contribution in [1.29, 1.82) is 0 Å². The van der Waals surface area contributed by atoms with Gasteiger partial charge < -0.3 is 15.4 Å². The highest BCUT2D eigenvalue weighted by Gasteiger charge is 2.27. The third kappa shape index (κ3) is 5.73. The van der Waals surface area contributed by atoms with Crippen molar-refractivity contribution in [3.63, 3.8) is 0 Å². The Morgan fingerprint density at radius 1 is 1.14 bits per heavy atom. The Hall–Kier alpha value is -3.60. The average molecular weight is 503 g/mol. The van der Waals surface area contributed by atoms with E-state index in [1.54, 1.807) is 0 Å². The molecule has 0 aliphatic heterocycles. The molecule has 2 N–H and O–H groups in total. The third-order valence-corrected chi connectivity index (χ3v) is 6.38. The van der Waals surface area contributed by atoms with Crippen LogP contribution in [-0.4, -0.2) is 51.0 Å². The number of amides is 2. The second-order valence-corrected chi connectivity index (χ2v) is 8.79. The van der Waals surface area contributed by atoms with Gasteiger partial charge >= 0.3 is 5.97 Å². The number of methoxy groups -OCH3 is 1. The minimum Gasteiger partial charge on any atom is -0.469 e. The summed E-state index contributed by atoms with van der Waals surface area (Å²) < 4.78 is 19.4. The number of halogens is 2. The van der Waals surface area contributed by atoms with Gasteiger partial charge in [-0.3, -0.25) is 14.4 Å². The lowest BCUT2D eigenvalue weighted by Crippen LogP contribution is -2.34.